The average Bonchev–Trinajstić information content (AvgIpc) is 3.38. The van der Waals surface area contributed by atoms with Crippen molar-refractivity contribution >= 4 is 39.6 Å². The van der Waals surface area contributed by atoms with E-state index in [1.165, 1.54) is 18.2 Å². The zero-order valence-corrected chi connectivity index (χ0v) is 22.8. The molecule has 1 amide bonds. The maximum absolute atomic E-state index is 12.4. The Labute approximate surface area is 222 Å². The minimum atomic E-state index is -0.540. The second kappa shape index (κ2) is 9.97. The smallest absolute Gasteiger partial charge is 0.407 e. The second-order valence-electron chi connectivity index (χ2n) is 9.97. The lowest BCUT2D eigenvalue weighted by molar-refractivity contribution is 0.0458. The number of ether oxygens (including phenoxy) is 3. The molecule has 0 aromatic heterocycles. The molecule has 1 aromatic carbocycles. The van der Waals surface area contributed by atoms with E-state index in [0.717, 1.165) is 28.6 Å². The van der Waals surface area contributed by atoms with Crippen LogP contribution < -0.4 is 20.5 Å². The number of nitrogens with one attached hydrogen (secondary N) is 1. The number of halogens is 1. The molecule has 10 nitrogen and oxygen atoms in total. The van der Waals surface area contributed by atoms with Crippen LogP contribution in [0.2, 0.25) is 0 Å². The number of alkyl carbamates (subject to hydrolysis) is 1. The molecule has 3 N–H and O–H groups in total. The van der Waals surface area contributed by atoms with E-state index in [1.54, 1.807) is 6.33 Å². The number of amides is 1. The first kappa shape index (κ1) is 24.9. The standard InChI is InChI=1S/C24H29BrN6O4S/c1-24(2,3)35-23(32)28-15(13-5-4-6-13)7-8-31-11-27-20(26)19-21(31)30-22(29-19)36-18-10-17-16(9-14(18)25)33-12-34-17/h9-11,13,15H,4-8,12,26H2,1-3H3,(H,28,32). The molecular weight excluding hydrogens is 548 g/mol. The van der Waals surface area contributed by atoms with Crippen molar-refractivity contribution in [1.82, 2.24) is 24.8 Å². The van der Waals surface area contributed by atoms with Gasteiger partial charge in [-0.2, -0.15) is 0 Å². The fraction of sp³-hybridized carbons (Fsp3) is 0.500. The second-order valence-corrected chi connectivity index (χ2v) is 11.8. The molecule has 36 heavy (non-hydrogen) atoms. The summed E-state index contributed by atoms with van der Waals surface area (Å²) in [6.45, 7) is 6.41. The highest BCUT2D eigenvalue weighted by Crippen LogP contribution is 2.43. The number of aromatic nitrogens is 4. The van der Waals surface area contributed by atoms with Crippen LogP contribution in [0.4, 0.5) is 10.6 Å². The van der Waals surface area contributed by atoms with Gasteiger partial charge in [0.25, 0.3) is 0 Å². The summed E-state index contributed by atoms with van der Waals surface area (Å²) in [6.07, 6.45) is 5.40. The maximum atomic E-state index is 12.4. The van der Waals surface area contributed by atoms with E-state index < -0.39 is 5.60 Å². The molecule has 0 bridgehead atoms. The molecule has 0 spiro atoms. The number of nitrogens with zero attached hydrogens (tertiary/aromatic N) is 4. The molecular formula is C24H29BrN6O4S. The number of benzene rings is 1. The minimum absolute atomic E-state index is 0.00931. The van der Waals surface area contributed by atoms with E-state index in [9.17, 15) is 4.79 Å². The highest BCUT2D eigenvalue weighted by atomic mass is 79.9. The maximum Gasteiger partial charge on any atom is 0.407 e. The highest BCUT2D eigenvalue weighted by molar-refractivity contribution is 9.10. The summed E-state index contributed by atoms with van der Waals surface area (Å²) >= 11 is 4.99. The van der Waals surface area contributed by atoms with Gasteiger partial charge in [-0.15, -0.1) is 0 Å². The largest absolute Gasteiger partial charge is 0.454 e. The van der Waals surface area contributed by atoms with Crippen molar-refractivity contribution in [3.63, 3.8) is 0 Å². The summed E-state index contributed by atoms with van der Waals surface area (Å²) in [5, 5.41) is 3.64. The predicted octanol–water partition coefficient (Wildman–Crippen LogP) is 5.09. The Hall–Kier alpha value is -2.73. The van der Waals surface area contributed by atoms with Gasteiger partial charge in [0.1, 0.15) is 5.60 Å². The average molecular weight is 578 g/mol. The third-order valence-corrected chi connectivity index (χ3v) is 8.04. The fourth-order valence-electron chi connectivity index (χ4n) is 4.22. The Balaban J connectivity index is 1.33. The monoisotopic (exact) mass is 576 g/mol. The number of imidazole rings is 1. The summed E-state index contributed by atoms with van der Waals surface area (Å²) in [4.78, 5) is 27.1. The molecule has 3 heterocycles. The van der Waals surface area contributed by atoms with Crippen LogP contribution in [0.3, 0.4) is 0 Å². The van der Waals surface area contributed by atoms with Gasteiger partial charge < -0.3 is 29.8 Å². The van der Waals surface area contributed by atoms with E-state index in [2.05, 4.69) is 31.2 Å². The first-order valence-electron chi connectivity index (χ1n) is 11.9. The van der Waals surface area contributed by atoms with E-state index in [1.807, 2.05) is 37.5 Å². The van der Waals surface area contributed by atoms with Crippen LogP contribution in [0.1, 0.15) is 46.5 Å². The predicted molar refractivity (Wildman–Crippen MR) is 138 cm³/mol. The Bertz CT molecular complexity index is 1240. The normalized spacial score (nSPS) is 16.1. The highest BCUT2D eigenvalue weighted by Gasteiger charge is 2.30. The zero-order chi connectivity index (χ0) is 25.4. The number of hydrogen-bond acceptors (Lipinski definition) is 9. The van der Waals surface area contributed by atoms with Crippen LogP contribution in [0.25, 0.3) is 11.5 Å². The number of anilines is 1. The van der Waals surface area contributed by atoms with Crippen molar-refractivity contribution in [2.75, 3.05) is 12.5 Å². The Kier molecular flexibility index (Phi) is 6.90. The Morgan fingerprint density at radius 3 is 2.75 bits per heavy atom. The molecule has 0 radical (unpaired) electrons. The summed E-state index contributed by atoms with van der Waals surface area (Å²) in [6, 6.07) is 3.79. The van der Waals surface area contributed by atoms with Gasteiger partial charge in [0.2, 0.25) is 6.79 Å². The van der Waals surface area contributed by atoms with Crippen LogP contribution in [0, 0.1) is 5.92 Å². The lowest BCUT2D eigenvalue weighted by Gasteiger charge is -2.35. The Morgan fingerprint density at radius 2 is 2.06 bits per heavy atom. The van der Waals surface area contributed by atoms with Crippen LogP contribution >= 0.6 is 27.7 Å². The van der Waals surface area contributed by atoms with E-state index in [4.69, 9.17) is 24.9 Å². The molecule has 4 aliphatic rings. The van der Waals surface area contributed by atoms with Crippen molar-refractivity contribution < 1.29 is 19.0 Å². The number of rotatable bonds is 7. The number of nitrogens with two attached hydrogens (primary N) is 1. The molecule has 12 heteroatoms. The minimum Gasteiger partial charge on any atom is -0.454 e. The van der Waals surface area contributed by atoms with Crippen LogP contribution in [-0.4, -0.2) is 44.0 Å². The summed E-state index contributed by atoms with van der Waals surface area (Å²) < 4.78 is 19.2. The summed E-state index contributed by atoms with van der Waals surface area (Å²) in [5.41, 5.74) is 6.15. The van der Waals surface area contributed by atoms with Crippen LogP contribution in [0.15, 0.2) is 33.0 Å². The van der Waals surface area contributed by atoms with E-state index in [-0.39, 0.29) is 18.9 Å². The molecule has 1 atom stereocenters. The molecule has 3 aliphatic heterocycles. The lowest BCUT2D eigenvalue weighted by Crippen LogP contribution is -2.45. The van der Waals surface area contributed by atoms with Crippen molar-refractivity contribution in [1.29, 1.82) is 0 Å². The van der Waals surface area contributed by atoms with Gasteiger partial charge in [0, 0.05) is 22.0 Å². The zero-order valence-electron chi connectivity index (χ0n) is 20.4. The topological polar surface area (TPSA) is 126 Å². The number of aryl methyl sites for hydroxylation is 1. The molecule has 1 saturated carbocycles. The SMILES string of the molecule is CC(C)(C)OC(=O)NC(CCn1cnc(N)c2nc(Sc3cc4c(cc3Br)OCO4)nc1-2)C1CCC1. The molecule has 5 rings (SSSR count). The Morgan fingerprint density at radius 1 is 1.31 bits per heavy atom. The van der Waals surface area contributed by atoms with Gasteiger partial charge in [-0.05, 0) is 85.8 Å². The summed E-state index contributed by atoms with van der Waals surface area (Å²) in [7, 11) is 0. The number of carbonyl (C=O) groups excluding carboxylic acids is 1. The fourth-order valence-corrected chi connectivity index (χ4v) is 5.58. The van der Waals surface area contributed by atoms with E-state index >= 15 is 0 Å². The number of nitrogen functional groups attached to an aromatic ring is 1. The van der Waals surface area contributed by atoms with Gasteiger partial charge in [0.15, 0.2) is 34.0 Å². The van der Waals surface area contributed by atoms with Gasteiger partial charge >= 0.3 is 6.09 Å². The molecule has 1 aromatic rings. The number of hydrogen-bond donors (Lipinski definition) is 2. The van der Waals surface area contributed by atoms with Crippen molar-refractivity contribution in [2.45, 2.75) is 74.7 Å². The molecule has 1 unspecified atom stereocenters. The van der Waals surface area contributed by atoms with Crippen molar-refractivity contribution in [2.24, 2.45) is 5.92 Å². The quantitative estimate of drug-likeness (QED) is 0.395. The molecule has 1 fully saturated rings. The molecule has 1 aliphatic carbocycles. The van der Waals surface area contributed by atoms with Crippen molar-refractivity contribution in [3.8, 4) is 23.0 Å². The number of fused-ring (bicyclic) bond motifs is 2. The first-order chi connectivity index (χ1) is 17.2. The molecule has 192 valence electrons. The van der Waals surface area contributed by atoms with Crippen LogP contribution in [0.5, 0.6) is 11.5 Å². The van der Waals surface area contributed by atoms with Gasteiger partial charge in [-0.25, -0.2) is 19.7 Å². The third kappa shape index (κ3) is 5.49. The number of carbonyl (C=O) groups is 1. The summed E-state index contributed by atoms with van der Waals surface area (Å²) in [5.74, 6) is 2.81. The van der Waals surface area contributed by atoms with Crippen molar-refractivity contribution in [3.05, 3.63) is 22.9 Å². The van der Waals surface area contributed by atoms with Crippen LogP contribution in [-0.2, 0) is 11.3 Å². The third-order valence-electron chi connectivity index (χ3n) is 6.20. The van der Waals surface area contributed by atoms with Gasteiger partial charge in [0.05, 0.1) is 6.33 Å². The first-order valence-corrected chi connectivity index (χ1v) is 13.5. The van der Waals surface area contributed by atoms with Gasteiger partial charge in [-0.3, -0.25) is 0 Å². The van der Waals surface area contributed by atoms with E-state index in [0.29, 0.717) is 46.5 Å². The lowest BCUT2D eigenvalue weighted by atomic mass is 9.78. The van der Waals surface area contributed by atoms with Gasteiger partial charge in [-0.1, -0.05) is 6.42 Å². The molecule has 0 saturated heterocycles.